The molecule has 2 nitrogen and oxygen atoms in total. The molecule has 14 heavy (non-hydrogen) atoms. The van der Waals surface area contributed by atoms with Gasteiger partial charge in [0.2, 0.25) is 0 Å². The molecule has 0 heterocycles. The van der Waals surface area contributed by atoms with Crippen molar-refractivity contribution in [3.05, 3.63) is 0 Å². The molecule has 0 aromatic carbocycles. The van der Waals surface area contributed by atoms with Gasteiger partial charge in [-0.3, -0.25) is 0 Å². The number of hydrogen-bond acceptors (Lipinski definition) is 2. The Morgan fingerprint density at radius 2 is 1.07 bits per heavy atom. The quantitative estimate of drug-likeness (QED) is 0.657. The highest BCUT2D eigenvalue weighted by Gasteiger charge is 1.88. The van der Waals surface area contributed by atoms with Crippen LogP contribution < -0.4 is 0 Å². The number of unbranched alkanes of at least 4 members (excludes halogenated alkanes) is 2. The normalized spacial score (nSPS) is 8.86. The highest BCUT2D eigenvalue weighted by atomic mass is 16.1. The Hall–Kier alpha value is -0.660. The lowest BCUT2D eigenvalue weighted by Gasteiger charge is -1.86. The van der Waals surface area contributed by atoms with E-state index in [4.69, 9.17) is 0 Å². The summed E-state index contributed by atoms with van der Waals surface area (Å²) in [6.45, 7) is 7.44. The molecule has 0 aliphatic heterocycles. The highest BCUT2D eigenvalue weighted by Crippen LogP contribution is 1.93. The second-order valence-corrected chi connectivity index (χ2v) is 3.61. The predicted octanol–water partition coefficient (Wildman–Crippen LogP) is 3.53. The molecule has 0 spiro atoms. The average Bonchev–Trinajstić information content (AvgIpc) is 2.12. The number of carbonyl (C=O) groups excluding carboxylic acids is 2. The van der Waals surface area contributed by atoms with Crippen molar-refractivity contribution in [1.82, 2.24) is 0 Å². The lowest BCUT2D eigenvalue weighted by Crippen LogP contribution is -1.86. The predicted molar refractivity (Wildman–Crippen MR) is 60.4 cm³/mol. The molecule has 0 amide bonds. The molecule has 0 fully saturated rings. The zero-order valence-corrected chi connectivity index (χ0v) is 10.1. The van der Waals surface area contributed by atoms with Crippen LogP contribution in [0.2, 0.25) is 0 Å². The summed E-state index contributed by atoms with van der Waals surface area (Å²) in [5.41, 5.74) is 0. The average molecular weight is 200 g/mol. The van der Waals surface area contributed by atoms with E-state index in [9.17, 15) is 9.59 Å². The van der Waals surface area contributed by atoms with Gasteiger partial charge < -0.3 is 9.59 Å². The molecule has 0 aliphatic rings. The van der Waals surface area contributed by atoms with Crippen molar-refractivity contribution < 1.29 is 9.59 Å². The van der Waals surface area contributed by atoms with E-state index in [2.05, 4.69) is 13.8 Å². The van der Waals surface area contributed by atoms with Gasteiger partial charge in [-0.2, -0.15) is 0 Å². The van der Waals surface area contributed by atoms with E-state index in [0.717, 1.165) is 38.5 Å². The standard InChI is InChI=1S/2C6H12O/c2*1-3-4-5-6(2)7/h2*3-5H2,1-2H3. The molecular formula is C12H24O2. The van der Waals surface area contributed by atoms with Gasteiger partial charge in [-0.15, -0.1) is 0 Å². The molecule has 0 saturated heterocycles. The molecule has 0 atom stereocenters. The first-order chi connectivity index (χ1) is 6.54. The van der Waals surface area contributed by atoms with Crippen LogP contribution in [-0.2, 0) is 9.59 Å². The van der Waals surface area contributed by atoms with Gasteiger partial charge in [0.15, 0.2) is 0 Å². The maximum absolute atomic E-state index is 10.2. The molecule has 0 N–H and O–H groups in total. The van der Waals surface area contributed by atoms with Crippen LogP contribution >= 0.6 is 0 Å². The second kappa shape index (κ2) is 12.3. The van der Waals surface area contributed by atoms with Gasteiger partial charge in [-0.25, -0.2) is 0 Å². The Balaban J connectivity index is 0. The van der Waals surface area contributed by atoms with Crippen molar-refractivity contribution in [2.45, 2.75) is 66.2 Å². The van der Waals surface area contributed by atoms with Gasteiger partial charge in [-0.1, -0.05) is 26.7 Å². The molecule has 0 aromatic rings. The van der Waals surface area contributed by atoms with Crippen molar-refractivity contribution in [3.63, 3.8) is 0 Å². The van der Waals surface area contributed by atoms with E-state index in [1.807, 2.05) is 0 Å². The summed E-state index contributed by atoms with van der Waals surface area (Å²) in [4.78, 5) is 20.4. The minimum Gasteiger partial charge on any atom is -0.300 e. The molecule has 2 heteroatoms. The topological polar surface area (TPSA) is 34.1 Å². The smallest absolute Gasteiger partial charge is 0.129 e. The van der Waals surface area contributed by atoms with Crippen LogP contribution in [0.15, 0.2) is 0 Å². The Kier molecular flexibility index (Phi) is 13.9. The van der Waals surface area contributed by atoms with Crippen molar-refractivity contribution >= 4 is 11.6 Å². The zero-order valence-electron chi connectivity index (χ0n) is 10.1. The molecule has 0 radical (unpaired) electrons. The number of Topliss-reactive ketones (excluding diaryl/α,β-unsaturated/α-hetero) is 2. The zero-order chi connectivity index (χ0) is 11.4. The first kappa shape index (κ1) is 15.8. The minimum absolute atomic E-state index is 0.307. The minimum atomic E-state index is 0.307. The fourth-order valence-electron chi connectivity index (χ4n) is 0.851. The van der Waals surface area contributed by atoms with Crippen LogP contribution in [0, 0.1) is 0 Å². The molecule has 0 aromatic heterocycles. The summed E-state index contributed by atoms with van der Waals surface area (Å²) in [7, 11) is 0. The lowest BCUT2D eigenvalue weighted by atomic mass is 10.2. The van der Waals surface area contributed by atoms with Gasteiger partial charge in [0.05, 0.1) is 0 Å². The van der Waals surface area contributed by atoms with Gasteiger partial charge in [0.1, 0.15) is 11.6 Å². The molecule has 84 valence electrons. The van der Waals surface area contributed by atoms with E-state index in [1.54, 1.807) is 13.8 Å². The van der Waals surface area contributed by atoms with Gasteiger partial charge in [0, 0.05) is 12.8 Å². The first-order valence-corrected chi connectivity index (χ1v) is 5.53. The maximum atomic E-state index is 10.2. The summed E-state index contributed by atoms with van der Waals surface area (Å²) >= 11 is 0. The van der Waals surface area contributed by atoms with E-state index < -0.39 is 0 Å². The van der Waals surface area contributed by atoms with Crippen LogP contribution in [0.25, 0.3) is 0 Å². The summed E-state index contributed by atoms with van der Waals surface area (Å²) in [6.07, 6.45) is 5.87. The van der Waals surface area contributed by atoms with Crippen LogP contribution in [0.4, 0.5) is 0 Å². The molecule has 0 unspecified atom stereocenters. The van der Waals surface area contributed by atoms with Gasteiger partial charge in [-0.05, 0) is 26.7 Å². The second-order valence-electron chi connectivity index (χ2n) is 3.61. The Labute approximate surface area is 88.1 Å². The fourth-order valence-corrected chi connectivity index (χ4v) is 0.851. The SMILES string of the molecule is CCCCC(C)=O.CCCCC(C)=O. The Morgan fingerprint density at radius 1 is 0.786 bits per heavy atom. The molecular weight excluding hydrogens is 176 g/mol. The monoisotopic (exact) mass is 200 g/mol. The summed E-state index contributed by atoms with van der Waals surface area (Å²) < 4.78 is 0. The van der Waals surface area contributed by atoms with Crippen LogP contribution in [0.3, 0.4) is 0 Å². The third-order valence-corrected chi connectivity index (χ3v) is 1.76. The number of hydrogen-bond donors (Lipinski definition) is 0. The third kappa shape index (κ3) is 22.5. The maximum Gasteiger partial charge on any atom is 0.129 e. The van der Waals surface area contributed by atoms with Crippen LogP contribution in [0.1, 0.15) is 66.2 Å². The third-order valence-electron chi connectivity index (χ3n) is 1.76. The van der Waals surface area contributed by atoms with Crippen molar-refractivity contribution in [2.75, 3.05) is 0 Å². The van der Waals surface area contributed by atoms with Crippen LogP contribution in [0.5, 0.6) is 0 Å². The highest BCUT2D eigenvalue weighted by molar-refractivity contribution is 5.75. The lowest BCUT2D eigenvalue weighted by molar-refractivity contribution is -0.117. The van der Waals surface area contributed by atoms with E-state index in [1.165, 1.54) is 0 Å². The molecule has 0 aliphatic carbocycles. The van der Waals surface area contributed by atoms with Crippen LogP contribution in [-0.4, -0.2) is 11.6 Å². The summed E-state index contributed by atoms with van der Waals surface area (Å²) in [5.74, 6) is 0.615. The number of rotatable bonds is 6. The number of carbonyl (C=O) groups is 2. The van der Waals surface area contributed by atoms with Crippen molar-refractivity contribution in [1.29, 1.82) is 0 Å². The summed E-state index contributed by atoms with van der Waals surface area (Å²) in [5, 5.41) is 0. The summed E-state index contributed by atoms with van der Waals surface area (Å²) in [6, 6.07) is 0. The van der Waals surface area contributed by atoms with E-state index >= 15 is 0 Å². The van der Waals surface area contributed by atoms with Gasteiger partial charge in [0.25, 0.3) is 0 Å². The van der Waals surface area contributed by atoms with Gasteiger partial charge >= 0.3 is 0 Å². The van der Waals surface area contributed by atoms with E-state index in [-0.39, 0.29) is 0 Å². The van der Waals surface area contributed by atoms with Crippen molar-refractivity contribution in [3.8, 4) is 0 Å². The Bertz CT molecular complexity index is 132. The Morgan fingerprint density at radius 3 is 1.14 bits per heavy atom. The fraction of sp³-hybridized carbons (Fsp3) is 0.833. The van der Waals surface area contributed by atoms with E-state index in [0.29, 0.717) is 11.6 Å². The molecule has 0 saturated carbocycles. The largest absolute Gasteiger partial charge is 0.300 e. The number of ketones is 2. The van der Waals surface area contributed by atoms with Crippen molar-refractivity contribution in [2.24, 2.45) is 0 Å². The molecule has 0 rings (SSSR count). The molecule has 0 bridgehead atoms. The first-order valence-electron chi connectivity index (χ1n) is 5.53.